The Morgan fingerprint density at radius 1 is 1.35 bits per heavy atom. The van der Waals surface area contributed by atoms with E-state index in [9.17, 15) is 19.1 Å². The molecule has 1 aliphatic heterocycles. The molecule has 1 aliphatic rings. The van der Waals surface area contributed by atoms with Crippen molar-refractivity contribution in [3.05, 3.63) is 30.1 Å². The third-order valence-electron chi connectivity index (χ3n) is 4.42. The topological polar surface area (TPSA) is 136 Å². The number of rotatable bonds is 6. The molecule has 2 amide bonds. The minimum absolute atomic E-state index is 0. The van der Waals surface area contributed by atoms with E-state index < -0.39 is 36.4 Å². The highest BCUT2D eigenvalue weighted by Gasteiger charge is 2.50. The van der Waals surface area contributed by atoms with Crippen molar-refractivity contribution < 1.29 is 29.1 Å². The molecule has 0 bridgehead atoms. The van der Waals surface area contributed by atoms with Gasteiger partial charge in [-0.05, 0) is 37.0 Å². The standard InChI is InChI=1S/C15H21BFN3O5.ClH/c17-11-3-5-12(6-4-11)19-14(23)20-8-10(2-1-7-16(24)25)15(18,9-20)13(21)22;/h3-6,10,24-25H,1-2,7-9,18H2,(H,19,23)(H,21,22);1H/t10-,15-;/m0./s1. The first kappa shape index (κ1) is 22.2. The van der Waals surface area contributed by atoms with Crippen molar-refractivity contribution in [3.63, 3.8) is 0 Å². The van der Waals surface area contributed by atoms with E-state index in [0.29, 0.717) is 18.5 Å². The molecular formula is C15H22BClFN3O5. The summed E-state index contributed by atoms with van der Waals surface area (Å²) < 4.78 is 12.9. The first-order chi connectivity index (χ1) is 11.7. The lowest BCUT2D eigenvalue weighted by atomic mass is 9.78. The number of urea groups is 1. The van der Waals surface area contributed by atoms with Gasteiger partial charge in [0.25, 0.3) is 0 Å². The number of halogens is 2. The predicted octanol–water partition coefficient (Wildman–Crippen LogP) is 0.746. The summed E-state index contributed by atoms with van der Waals surface area (Å²) in [6, 6.07) is 4.68. The average Bonchev–Trinajstić information content (AvgIpc) is 2.88. The van der Waals surface area contributed by atoms with Gasteiger partial charge in [0.05, 0.1) is 6.54 Å². The highest BCUT2D eigenvalue weighted by molar-refractivity contribution is 6.40. The number of hydrogen-bond acceptors (Lipinski definition) is 5. The van der Waals surface area contributed by atoms with Gasteiger partial charge in [0, 0.05) is 18.2 Å². The number of aliphatic carboxylic acids is 1. The minimum Gasteiger partial charge on any atom is -0.480 e. The zero-order valence-corrected chi connectivity index (χ0v) is 14.8. The van der Waals surface area contributed by atoms with Gasteiger partial charge < -0.3 is 31.1 Å². The van der Waals surface area contributed by atoms with Crippen LogP contribution in [0.4, 0.5) is 14.9 Å². The second-order valence-corrected chi connectivity index (χ2v) is 6.27. The quantitative estimate of drug-likeness (QED) is 0.455. The molecule has 8 nitrogen and oxygen atoms in total. The second kappa shape index (κ2) is 9.18. The smallest absolute Gasteiger partial charge is 0.451 e. The molecule has 1 aromatic rings. The number of anilines is 1. The van der Waals surface area contributed by atoms with Gasteiger partial charge >= 0.3 is 19.1 Å². The molecule has 0 aliphatic carbocycles. The summed E-state index contributed by atoms with van der Waals surface area (Å²) in [7, 11) is -1.46. The van der Waals surface area contributed by atoms with Gasteiger partial charge in [0.1, 0.15) is 11.4 Å². The van der Waals surface area contributed by atoms with E-state index in [4.69, 9.17) is 15.8 Å². The fraction of sp³-hybridized carbons (Fsp3) is 0.467. The van der Waals surface area contributed by atoms with Crippen LogP contribution in [0.3, 0.4) is 0 Å². The molecule has 26 heavy (non-hydrogen) atoms. The minimum atomic E-state index is -1.60. The second-order valence-electron chi connectivity index (χ2n) is 6.27. The Morgan fingerprint density at radius 2 is 1.96 bits per heavy atom. The molecule has 2 rings (SSSR count). The molecule has 1 heterocycles. The van der Waals surface area contributed by atoms with Gasteiger partial charge in [-0.25, -0.2) is 9.18 Å². The molecule has 0 spiro atoms. The van der Waals surface area contributed by atoms with Crippen molar-refractivity contribution in [2.75, 3.05) is 18.4 Å². The summed E-state index contributed by atoms with van der Waals surface area (Å²) >= 11 is 0. The van der Waals surface area contributed by atoms with E-state index in [-0.39, 0.29) is 31.8 Å². The van der Waals surface area contributed by atoms with Crippen molar-refractivity contribution in [3.8, 4) is 0 Å². The van der Waals surface area contributed by atoms with Crippen LogP contribution < -0.4 is 11.1 Å². The van der Waals surface area contributed by atoms with E-state index in [1.165, 1.54) is 29.2 Å². The van der Waals surface area contributed by atoms with Crippen LogP contribution in [0.1, 0.15) is 12.8 Å². The Balaban J connectivity index is 0.00000338. The SMILES string of the molecule is Cl.N[C@@]1(C(=O)O)CN(C(=O)Nc2ccc(F)cc2)C[C@@H]1CCCB(O)O. The predicted molar refractivity (Wildman–Crippen MR) is 96.5 cm³/mol. The molecule has 1 saturated heterocycles. The maximum Gasteiger partial charge on any atom is 0.451 e. The molecule has 0 saturated carbocycles. The van der Waals surface area contributed by atoms with Gasteiger partial charge in [-0.2, -0.15) is 0 Å². The fourth-order valence-electron chi connectivity index (χ4n) is 2.97. The number of carbonyl (C=O) groups excluding carboxylic acids is 1. The molecule has 11 heteroatoms. The van der Waals surface area contributed by atoms with Gasteiger partial charge in [-0.1, -0.05) is 6.42 Å². The lowest BCUT2D eigenvalue weighted by Crippen LogP contribution is -2.55. The van der Waals surface area contributed by atoms with E-state index in [0.717, 1.165) is 0 Å². The normalized spacial score (nSPS) is 21.8. The summed E-state index contributed by atoms with van der Waals surface area (Å²) in [5.74, 6) is -2.15. The van der Waals surface area contributed by atoms with Crippen LogP contribution >= 0.6 is 12.4 Å². The number of amides is 2. The van der Waals surface area contributed by atoms with E-state index >= 15 is 0 Å². The Hall–Kier alpha value is -1.88. The summed E-state index contributed by atoms with van der Waals surface area (Å²) in [6.45, 7) is -0.0287. The number of carbonyl (C=O) groups is 2. The Kier molecular flexibility index (Phi) is 7.82. The van der Waals surface area contributed by atoms with Crippen molar-refractivity contribution >= 4 is 37.2 Å². The molecule has 0 unspecified atom stereocenters. The van der Waals surface area contributed by atoms with Crippen molar-refractivity contribution in [1.82, 2.24) is 4.90 Å². The number of carboxylic acid groups (broad SMARTS) is 1. The van der Waals surface area contributed by atoms with Crippen LogP contribution in [0.2, 0.25) is 6.32 Å². The van der Waals surface area contributed by atoms with Gasteiger partial charge in [-0.3, -0.25) is 4.79 Å². The van der Waals surface area contributed by atoms with Crippen molar-refractivity contribution in [2.24, 2.45) is 11.7 Å². The fourth-order valence-corrected chi connectivity index (χ4v) is 2.97. The van der Waals surface area contributed by atoms with Crippen LogP contribution in [-0.2, 0) is 4.79 Å². The Morgan fingerprint density at radius 3 is 2.50 bits per heavy atom. The number of nitrogens with two attached hydrogens (primary N) is 1. The highest BCUT2D eigenvalue weighted by Crippen LogP contribution is 2.31. The summed E-state index contributed by atoms with van der Waals surface area (Å²) in [5.41, 5.74) is 4.80. The van der Waals surface area contributed by atoms with E-state index in [1.54, 1.807) is 0 Å². The first-order valence-electron chi connectivity index (χ1n) is 7.92. The van der Waals surface area contributed by atoms with E-state index in [1.807, 2.05) is 0 Å². The van der Waals surface area contributed by atoms with E-state index in [2.05, 4.69) is 5.32 Å². The third-order valence-corrected chi connectivity index (χ3v) is 4.42. The number of benzene rings is 1. The van der Waals surface area contributed by atoms with Crippen molar-refractivity contribution in [1.29, 1.82) is 0 Å². The highest BCUT2D eigenvalue weighted by atomic mass is 35.5. The Labute approximate surface area is 156 Å². The maximum atomic E-state index is 12.9. The monoisotopic (exact) mass is 389 g/mol. The maximum absolute atomic E-state index is 12.9. The van der Waals surface area contributed by atoms with Gasteiger partial charge in [0.15, 0.2) is 0 Å². The third kappa shape index (κ3) is 5.31. The first-order valence-corrected chi connectivity index (χ1v) is 7.92. The molecule has 6 N–H and O–H groups in total. The van der Waals surface area contributed by atoms with Crippen LogP contribution in [-0.4, -0.2) is 57.8 Å². The number of carboxylic acids is 1. The molecule has 0 aromatic heterocycles. The zero-order chi connectivity index (χ0) is 18.6. The van der Waals surface area contributed by atoms with Gasteiger partial charge in [-0.15, -0.1) is 12.4 Å². The number of nitrogens with zero attached hydrogens (tertiary/aromatic N) is 1. The Bertz CT molecular complexity index is 636. The van der Waals surface area contributed by atoms with Crippen LogP contribution in [0.15, 0.2) is 24.3 Å². The lowest BCUT2D eigenvalue weighted by molar-refractivity contribution is -0.144. The van der Waals surface area contributed by atoms with Crippen LogP contribution in [0, 0.1) is 11.7 Å². The summed E-state index contributed by atoms with van der Waals surface area (Å²) in [4.78, 5) is 25.2. The largest absolute Gasteiger partial charge is 0.480 e. The molecular weight excluding hydrogens is 367 g/mol. The molecule has 2 atom stereocenters. The number of likely N-dealkylation sites (tertiary alicyclic amines) is 1. The average molecular weight is 390 g/mol. The lowest BCUT2D eigenvalue weighted by Gasteiger charge is -2.25. The molecule has 1 fully saturated rings. The molecule has 144 valence electrons. The van der Waals surface area contributed by atoms with Crippen molar-refractivity contribution in [2.45, 2.75) is 24.7 Å². The van der Waals surface area contributed by atoms with Crippen LogP contribution in [0.5, 0.6) is 0 Å². The van der Waals surface area contributed by atoms with Gasteiger partial charge in [0.2, 0.25) is 0 Å². The summed E-state index contributed by atoms with van der Waals surface area (Å²) in [6.07, 6.45) is 0.830. The zero-order valence-electron chi connectivity index (χ0n) is 14.0. The summed E-state index contributed by atoms with van der Waals surface area (Å²) in [5, 5.41) is 29.8. The molecule has 0 radical (unpaired) electrons. The number of hydrogen-bond donors (Lipinski definition) is 5. The molecule has 1 aromatic carbocycles. The number of nitrogens with one attached hydrogen (secondary N) is 1. The van der Waals surface area contributed by atoms with Crippen LogP contribution in [0.25, 0.3) is 0 Å².